The maximum Gasteiger partial charge on any atom is 0.00720 e. The van der Waals surface area contributed by atoms with E-state index in [9.17, 15) is 0 Å². The monoisotopic (exact) mass is 213 g/mol. The molecule has 0 aliphatic heterocycles. The number of hydrogen-bond donors (Lipinski definition) is 1. The van der Waals surface area contributed by atoms with Gasteiger partial charge in [-0.2, -0.15) is 0 Å². The normalized spacial score (nSPS) is 16.4. The van der Waals surface area contributed by atoms with Crippen LogP contribution >= 0.6 is 0 Å². The van der Waals surface area contributed by atoms with Crippen molar-refractivity contribution in [3.63, 3.8) is 0 Å². The average molecular weight is 213 g/mol. The SMILES string of the molecule is CCCC(CC)NC(CC)CC(C)(C)C. The van der Waals surface area contributed by atoms with E-state index < -0.39 is 0 Å². The van der Waals surface area contributed by atoms with Crippen molar-refractivity contribution >= 4 is 0 Å². The zero-order valence-corrected chi connectivity index (χ0v) is 11.7. The molecule has 0 saturated carbocycles. The zero-order chi connectivity index (χ0) is 11.9. The molecule has 1 N–H and O–H groups in total. The van der Waals surface area contributed by atoms with Gasteiger partial charge < -0.3 is 5.32 Å². The lowest BCUT2D eigenvalue weighted by molar-refractivity contribution is 0.277. The molecule has 0 fully saturated rings. The predicted octanol–water partition coefficient (Wildman–Crippen LogP) is 4.37. The van der Waals surface area contributed by atoms with Crippen LogP contribution in [0.15, 0.2) is 0 Å². The van der Waals surface area contributed by atoms with Gasteiger partial charge in [-0.15, -0.1) is 0 Å². The maximum absolute atomic E-state index is 3.81. The molecule has 0 aromatic rings. The summed E-state index contributed by atoms with van der Waals surface area (Å²) in [5.41, 5.74) is 0.443. The van der Waals surface area contributed by atoms with Crippen molar-refractivity contribution in [1.82, 2.24) is 5.32 Å². The molecule has 92 valence electrons. The molecule has 1 heteroatoms. The molecule has 0 aromatic heterocycles. The number of rotatable bonds is 7. The van der Waals surface area contributed by atoms with Crippen molar-refractivity contribution < 1.29 is 0 Å². The molecule has 0 bridgehead atoms. The lowest BCUT2D eigenvalue weighted by Crippen LogP contribution is -2.39. The molecule has 15 heavy (non-hydrogen) atoms. The van der Waals surface area contributed by atoms with Crippen molar-refractivity contribution in [3.05, 3.63) is 0 Å². The summed E-state index contributed by atoms with van der Waals surface area (Å²) in [6.45, 7) is 13.8. The van der Waals surface area contributed by atoms with Crippen molar-refractivity contribution in [1.29, 1.82) is 0 Å². The largest absolute Gasteiger partial charge is 0.311 e. The van der Waals surface area contributed by atoms with Gasteiger partial charge in [0.05, 0.1) is 0 Å². The van der Waals surface area contributed by atoms with Gasteiger partial charge in [-0.1, -0.05) is 48.0 Å². The van der Waals surface area contributed by atoms with Gasteiger partial charge in [0.1, 0.15) is 0 Å². The van der Waals surface area contributed by atoms with Crippen molar-refractivity contribution in [2.24, 2.45) is 5.41 Å². The standard InChI is InChI=1S/C14H31N/c1-7-10-12(8-2)15-13(9-3)11-14(4,5)6/h12-13,15H,7-11H2,1-6H3. The zero-order valence-electron chi connectivity index (χ0n) is 11.7. The fourth-order valence-corrected chi connectivity index (χ4v) is 2.15. The molecule has 0 saturated heterocycles. The summed E-state index contributed by atoms with van der Waals surface area (Å²) in [4.78, 5) is 0. The Morgan fingerprint density at radius 3 is 1.80 bits per heavy atom. The summed E-state index contributed by atoms with van der Waals surface area (Å²) in [6, 6.07) is 1.42. The molecule has 0 spiro atoms. The molecule has 2 atom stereocenters. The van der Waals surface area contributed by atoms with Gasteiger partial charge in [0.15, 0.2) is 0 Å². The Morgan fingerprint density at radius 2 is 1.47 bits per heavy atom. The topological polar surface area (TPSA) is 12.0 Å². The van der Waals surface area contributed by atoms with E-state index in [1.165, 1.54) is 32.1 Å². The number of hydrogen-bond acceptors (Lipinski definition) is 1. The first-order chi connectivity index (χ1) is 6.92. The van der Waals surface area contributed by atoms with Gasteiger partial charge in [-0.3, -0.25) is 0 Å². The van der Waals surface area contributed by atoms with Crippen molar-refractivity contribution in [2.75, 3.05) is 0 Å². The molecule has 0 heterocycles. The summed E-state index contributed by atoms with van der Waals surface area (Å²) in [5.74, 6) is 0. The third-order valence-corrected chi connectivity index (χ3v) is 2.95. The first-order valence-electron chi connectivity index (χ1n) is 6.69. The van der Waals surface area contributed by atoms with Crippen LogP contribution in [0.2, 0.25) is 0 Å². The van der Waals surface area contributed by atoms with Gasteiger partial charge in [0, 0.05) is 12.1 Å². The van der Waals surface area contributed by atoms with E-state index in [0.717, 1.165) is 6.04 Å². The Hall–Kier alpha value is -0.0400. The van der Waals surface area contributed by atoms with E-state index >= 15 is 0 Å². The molecule has 0 aromatic carbocycles. The molecule has 0 aliphatic rings. The highest BCUT2D eigenvalue weighted by Crippen LogP contribution is 2.22. The van der Waals surface area contributed by atoms with E-state index in [1.54, 1.807) is 0 Å². The predicted molar refractivity (Wildman–Crippen MR) is 70.3 cm³/mol. The Kier molecular flexibility index (Phi) is 7.25. The second-order valence-corrected chi connectivity index (χ2v) is 5.93. The fraction of sp³-hybridized carbons (Fsp3) is 1.00. The Balaban J connectivity index is 4.06. The second-order valence-electron chi connectivity index (χ2n) is 5.93. The van der Waals surface area contributed by atoms with Gasteiger partial charge in [0.25, 0.3) is 0 Å². The summed E-state index contributed by atoms with van der Waals surface area (Å²) < 4.78 is 0. The van der Waals surface area contributed by atoms with Crippen LogP contribution in [0.4, 0.5) is 0 Å². The second kappa shape index (κ2) is 7.27. The van der Waals surface area contributed by atoms with E-state index in [4.69, 9.17) is 0 Å². The minimum absolute atomic E-state index is 0.443. The van der Waals surface area contributed by atoms with Crippen LogP contribution in [0, 0.1) is 5.41 Å². The average Bonchev–Trinajstić information content (AvgIpc) is 2.13. The van der Waals surface area contributed by atoms with Crippen LogP contribution in [0.3, 0.4) is 0 Å². The van der Waals surface area contributed by atoms with Crippen LogP contribution in [-0.4, -0.2) is 12.1 Å². The first-order valence-corrected chi connectivity index (χ1v) is 6.69. The van der Waals surface area contributed by atoms with Crippen molar-refractivity contribution in [3.8, 4) is 0 Å². The summed E-state index contributed by atoms with van der Waals surface area (Å²) in [5, 5.41) is 3.81. The van der Waals surface area contributed by atoms with Gasteiger partial charge in [-0.25, -0.2) is 0 Å². The van der Waals surface area contributed by atoms with E-state index in [2.05, 4.69) is 46.9 Å². The summed E-state index contributed by atoms with van der Waals surface area (Å²) >= 11 is 0. The van der Waals surface area contributed by atoms with Crippen LogP contribution in [0.25, 0.3) is 0 Å². The van der Waals surface area contributed by atoms with Crippen LogP contribution < -0.4 is 5.32 Å². The molecule has 1 nitrogen and oxygen atoms in total. The number of nitrogens with one attached hydrogen (secondary N) is 1. The van der Waals surface area contributed by atoms with Gasteiger partial charge >= 0.3 is 0 Å². The van der Waals surface area contributed by atoms with Crippen LogP contribution in [0.5, 0.6) is 0 Å². The third-order valence-electron chi connectivity index (χ3n) is 2.95. The quantitative estimate of drug-likeness (QED) is 0.662. The summed E-state index contributed by atoms with van der Waals surface area (Å²) in [7, 11) is 0. The van der Waals surface area contributed by atoms with Crippen molar-refractivity contribution in [2.45, 2.75) is 85.7 Å². The lowest BCUT2D eigenvalue weighted by Gasteiger charge is -2.29. The van der Waals surface area contributed by atoms with Crippen LogP contribution in [0.1, 0.15) is 73.6 Å². The lowest BCUT2D eigenvalue weighted by atomic mass is 9.86. The van der Waals surface area contributed by atoms with E-state index in [1.807, 2.05) is 0 Å². The Labute approximate surface area is 97.0 Å². The first kappa shape index (κ1) is 15.0. The molecule has 0 radical (unpaired) electrons. The smallest absolute Gasteiger partial charge is 0.00720 e. The summed E-state index contributed by atoms with van der Waals surface area (Å²) in [6.07, 6.45) is 6.39. The van der Waals surface area contributed by atoms with E-state index in [0.29, 0.717) is 11.5 Å². The molecule has 0 rings (SSSR count). The van der Waals surface area contributed by atoms with E-state index in [-0.39, 0.29) is 0 Å². The molecular formula is C14H31N. The highest BCUT2D eigenvalue weighted by molar-refractivity contribution is 4.77. The third kappa shape index (κ3) is 7.84. The molecule has 2 unspecified atom stereocenters. The molecular weight excluding hydrogens is 182 g/mol. The van der Waals surface area contributed by atoms with Gasteiger partial charge in [-0.05, 0) is 31.1 Å². The highest BCUT2D eigenvalue weighted by Gasteiger charge is 2.19. The minimum atomic E-state index is 0.443. The maximum atomic E-state index is 3.81. The Bertz CT molecular complexity index is 146. The minimum Gasteiger partial charge on any atom is -0.311 e. The fourth-order valence-electron chi connectivity index (χ4n) is 2.15. The van der Waals surface area contributed by atoms with Gasteiger partial charge in [0.2, 0.25) is 0 Å². The molecule has 0 amide bonds. The Morgan fingerprint density at radius 1 is 0.933 bits per heavy atom. The van der Waals surface area contributed by atoms with Crippen LogP contribution in [-0.2, 0) is 0 Å². The molecule has 0 aliphatic carbocycles. The highest BCUT2D eigenvalue weighted by atomic mass is 14.9.